The van der Waals surface area contributed by atoms with Gasteiger partial charge in [-0.25, -0.2) is 0 Å². The Bertz CT molecular complexity index is 221. The summed E-state index contributed by atoms with van der Waals surface area (Å²) in [4.78, 5) is 0. The van der Waals surface area contributed by atoms with E-state index in [2.05, 4.69) is 18.0 Å². The van der Waals surface area contributed by atoms with Gasteiger partial charge in [0.05, 0.1) is 12.9 Å². The molecular weight excluding hydrogens is 228 g/mol. The van der Waals surface area contributed by atoms with Crippen LogP contribution in [0.4, 0.5) is 0 Å². The molecule has 2 fully saturated rings. The van der Waals surface area contributed by atoms with E-state index < -0.39 is 0 Å². The lowest BCUT2D eigenvalue weighted by atomic mass is 9.96. The van der Waals surface area contributed by atoms with Gasteiger partial charge in [0.1, 0.15) is 0 Å². The molecule has 1 atom stereocenters. The molecule has 1 saturated heterocycles. The summed E-state index contributed by atoms with van der Waals surface area (Å²) < 4.78 is 5.75. The van der Waals surface area contributed by atoms with E-state index in [1.54, 1.807) is 5.57 Å². The molecule has 0 amide bonds. The Kier molecular flexibility index (Phi) is 6.33. The summed E-state index contributed by atoms with van der Waals surface area (Å²) >= 11 is 2.14. The van der Waals surface area contributed by atoms with E-state index in [-0.39, 0.29) is 0 Å². The first-order valence-corrected chi connectivity index (χ1v) is 8.48. The number of ether oxygens (including phenoxy) is 1. The van der Waals surface area contributed by atoms with Gasteiger partial charge < -0.3 is 4.74 Å². The van der Waals surface area contributed by atoms with Crippen LogP contribution in [-0.2, 0) is 4.74 Å². The van der Waals surface area contributed by atoms with Crippen LogP contribution in [0.1, 0.15) is 57.8 Å². The van der Waals surface area contributed by atoms with E-state index in [0.29, 0.717) is 0 Å². The fraction of sp³-hybridized carbons (Fsp3) is 0.867. The standard InChI is InChI=1S/C15H26OS/c1-2-6-14(7-3-1)12-16-10-9-15-8-4-5-11-17-13-15/h12,15H,1-11,13H2. The summed E-state index contributed by atoms with van der Waals surface area (Å²) in [5.74, 6) is 3.65. The molecule has 0 aromatic heterocycles. The second kappa shape index (κ2) is 8.07. The van der Waals surface area contributed by atoms with Crippen molar-refractivity contribution < 1.29 is 4.74 Å². The smallest absolute Gasteiger partial charge is 0.0876 e. The Morgan fingerprint density at radius 1 is 1.12 bits per heavy atom. The van der Waals surface area contributed by atoms with Gasteiger partial charge in [0.25, 0.3) is 0 Å². The minimum atomic E-state index is 0.909. The zero-order chi connectivity index (χ0) is 11.8. The van der Waals surface area contributed by atoms with Gasteiger partial charge in [-0.2, -0.15) is 11.8 Å². The predicted molar refractivity (Wildman–Crippen MR) is 76.4 cm³/mol. The van der Waals surface area contributed by atoms with E-state index in [0.717, 1.165) is 12.5 Å². The van der Waals surface area contributed by atoms with Crippen LogP contribution in [0.25, 0.3) is 0 Å². The highest BCUT2D eigenvalue weighted by molar-refractivity contribution is 7.99. The third-order valence-electron chi connectivity index (χ3n) is 3.89. The van der Waals surface area contributed by atoms with Crippen LogP contribution < -0.4 is 0 Å². The summed E-state index contributed by atoms with van der Waals surface area (Å²) in [6.45, 7) is 0.939. The molecule has 1 heterocycles. The highest BCUT2D eigenvalue weighted by atomic mass is 32.2. The van der Waals surface area contributed by atoms with E-state index >= 15 is 0 Å². The first-order valence-electron chi connectivity index (χ1n) is 7.32. The topological polar surface area (TPSA) is 9.23 Å². The number of hydrogen-bond donors (Lipinski definition) is 0. The molecule has 0 spiro atoms. The van der Waals surface area contributed by atoms with Gasteiger partial charge in [-0.15, -0.1) is 0 Å². The van der Waals surface area contributed by atoms with Gasteiger partial charge in [-0.3, -0.25) is 0 Å². The molecule has 0 bridgehead atoms. The van der Waals surface area contributed by atoms with Gasteiger partial charge in [0, 0.05) is 0 Å². The average Bonchev–Trinajstić information content (AvgIpc) is 2.65. The van der Waals surface area contributed by atoms with Crippen LogP contribution in [-0.4, -0.2) is 18.1 Å². The van der Waals surface area contributed by atoms with Crippen molar-refractivity contribution in [3.05, 3.63) is 11.8 Å². The van der Waals surface area contributed by atoms with Crippen molar-refractivity contribution in [2.24, 2.45) is 5.92 Å². The SMILES string of the molecule is C(OCCC1CCCCSC1)=C1CCCCC1. The number of hydrogen-bond acceptors (Lipinski definition) is 2. The summed E-state index contributed by atoms with van der Waals surface area (Å²) in [5.41, 5.74) is 1.55. The zero-order valence-electron chi connectivity index (χ0n) is 11.0. The quantitative estimate of drug-likeness (QED) is 0.528. The van der Waals surface area contributed by atoms with Gasteiger partial charge in [-0.05, 0) is 67.9 Å². The fourth-order valence-electron chi connectivity index (χ4n) is 2.73. The van der Waals surface area contributed by atoms with E-state index in [1.165, 1.54) is 69.3 Å². The Labute approximate surface area is 110 Å². The third kappa shape index (κ3) is 5.37. The highest BCUT2D eigenvalue weighted by Gasteiger charge is 2.12. The van der Waals surface area contributed by atoms with Crippen molar-refractivity contribution in [2.45, 2.75) is 57.8 Å². The van der Waals surface area contributed by atoms with Crippen LogP contribution in [0, 0.1) is 5.92 Å². The Balaban J connectivity index is 1.58. The van der Waals surface area contributed by atoms with Crippen molar-refractivity contribution >= 4 is 11.8 Å². The van der Waals surface area contributed by atoms with E-state index in [4.69, 9.17) is 4.74 Å². The Morgan fingerprint density at radius 3 is 2.88 bits per heavy atom. The minimum absolute atomic E-state index is 0.909. The van der Waals surface area contributed by atoms with E-state index in [9.17, 15) is 0 Å². The Hall–Kier alpha value is -0.110. The molecule has 2 heteroatoms. The number of allylic oxidation sites excluding steroid dienone is 1. The molecule has 2 aliphatic rings. The van der Waals surface area contributed by atoms with Crippen molar-refractivity contribution in [3.63, 3.8) is 0 Å². The molecule has 1 saturated carbocycles. The Morgan fingerprint density at radius 2 is 2.00 bits per heavy atom. The molecule has 17 heavy (non-hydrogen) atoms. The molecule has 1 unspecified atom stereocenters. The first-order chi connectivity index (χ1) is 8.45. The molecule has 0 aromatic rings. The normalized spacial score (nSPS) is 26.4. The van der Waals surface area contributed by atoms with Crippen molar-refractivity contribution in [1.29, 1.82) is 0 Å². The fourth-order valence-corrected chi connectivity index (χ4v) is 3.97. The summed E-state index contributed by atoms with van der Waals surface area (Å²) in [6.07, 6.45) is 14.3. The maximum Gasteiger partial charge on any atom is 0.0876 e. The van der Waals surface area contributed by atoms with Crippen molar-refractivity contribution in [1.82, 2.24) is 0 Å². The second-order valence-corrected chi connectivity index (χ2v) is 6.58. The van der Waals surface area contributed by atoms with Crippen LogP contribution in [0.15, 0.2) is 11.8 Å². The summed E-state index contributed by atoms with van der Waals surface area (Å²) in [6, 6.07) is 0. The third-order valence-corrected chi connectivity index (χ3v) is 5.18. The maximum atomic E-state index is 5.75. The van der Waals surface area contributed by atoms with Crippen LogP contribution in [0.5, 0.6) is 0 Å². The monoisotopic (exact) mass is 254 g/mol. The molecule has 1 aliphatic heterocycles. The van der Waals surface area contributed by atoms with Gasteiger partial charge in [-0.1, -0.05) is 12.8 Å². The molecule has 98 valence electrons. The predicted octanol–water partition coefficient (Wildman–Crippen LogP) is 4.77. The lowest BCUT2D eigenvalue weighted by Gasteiger charge is -2.15. The summed E-state index contributed by atoms with van der Waals surface area (Å²) in [5, 5.41) is 0. The molecule has 0 radical (unpaired) electrons. The lowest BCUT2D eigenvalue weighted by molar-refractivity contribution is 0.218. The van der Waals surface area contributed by atoms with Crippen molar-refractivity contribution in [2.75, 3.05) is 18.1 Å². The summed E-state index contributed by atoms with van der Waals surface area (Å²) in [7, 11) is 0. The first kappa shape index (κ1) is 13.3. The van der Waals surface area contributed by atoms with Crippen LogP contribution in [0.2, 0.25) is 0 Å². The van der Waals surface area contributed by atoms with Gasteiger partial charge >= 0.3 is 0 Å². The minimum Gasteiger partial charge on any atom is -0.501 e. The number of rotatable bonds is 4. The van der Waals surface area contributed by atoms with Gasteiger partial charge in [0.2, 0.25) is 0 Å². The molecule has 2 rings (SSSR count). The van der Waals surface area contributed by atoms with Gasteiger partial charge in [0.15, 0.2) is 0 Å². The molecule has 1 aliphatic carbocycles. The van der Waals surface area contributed by atoms with Crippen LogP contribution >= 0.6 is 11.8 Å². The maximum absolute atomic E-state index is 5.75. The molecule has 0 aromatic carbocycles. The van der Waals surface area contributed by atoms with E-state index in [1.807, 2.05) is 0 Å². The molecule has 1 nitrogen and oxygen atoms in total. The highest BCUT2D eigenvalue weighted by Crippen LogP contribution is 2.25. The largest absolute Gasteiger partial charge is 0.501 e. The van der Waals surface area contributed by atoms with Crippen LogP contribution in [0.3, 0.4) is 0 Å². The number of thioether (sulfide) groups is 1. The zero-order valence-corrected chi connectivity index (χ0v) is 11.8. The second-order valence-electron chi connectivity index (χ2n) is 5.43. The lowest BCUT2D eigenvalue weighted by Crippen LogP contribution is -2.06. The molecule has 0 N–H and O–H groups in total. The molecular formula is C15H26OS. The average molecular weight is 254 g/mol. The van der Waals surface area contributed by atoms with Crippen molar-refractivity contribution in [3.8, 4) is 0 Å².